The van der Waals surface area contributed by atoms with E-state index in [0.29, 0.717) is 65.1 Å². The second-order valence-electron chi connectivity index (χ2n) is 16.3. The predicted molar refractivity (Wildman–Crippen MR) is 237 cm³/mol. The number of furan rings is 1. The first-order valence-electron chi connectivity index (χ1n) is 21.3. The fourth-order valence-corrected chi connectivity index (χ4v) is 9.22. The van der Waals surface area contributed by atoms with Crippen LogP contribution in [0.3, 0.4) is 0 Å². The summed E-state index contributed by atoms with van der Waals surface area (Å²) in [4.78, 5) is 56.7. The number of piperidine rings is 3. The molecule has 3 aromatic carbocycles. The number of benzene rings is 3. The molecule has 3 aliphatic rings. The van der Waals surface area contributed by atoms with E-state index in [1.54, 1.807) is 41.3 Å². The molecule has 9 rings (SSSR count). The summed E-state index contributed by atoms with van der Waals surface area (Å²) in [5.74, 6) is 0.689. The van der Waals surface area contributed by atoms with Crippen molar-refractivity contribution in [3.05, 3.63) is 146 Å². The normalized spacial score (nSPS) is 18.5. The number of esters is 1. The monoisotopic (exact) mass is 875 g/mol. The number of rotatable bonds is 19. The molecular weight excluding hydrogens is 825 g/mol. The zero-order chi connectivity index (χ0) is 43.8. The van der Waals surface area contributed by atoms with Crippen molar-refractivity contribution in [2.75, 3.05) is 50.8 Å². The molecule has 3 aliphatic heterocycles. The number of aliphatic hydroxyl groups excluding tert-OH is 1. The van der Waals surface area contributed by atoms with Gasteiger partial charge in [0, 0.05) is 42.8 Å². The number of phenols is 1. The summed E-state index contributed by atoms with van der Waals surface area (Å²) in [6.07, 6.45) is 1.45. The van der Waals surface area contributed by atoms with Crippen LogP contribution in [0.25, 0.3) is 10.9 Å². The second-order valence-corrected chi connectivity index (χ2v) is 17.2. The van der Waals surface area contributed by atoms with Gasteiger partial charge in [-0.3, -0.25) is 14.5 Å². The van der Waals surface area contributed by atoms with E-state index in [1.807, 2.05) is 60.0 Å². The SMILES string of the molecule is O=C(OCCCCNCC(O)c1ccc(O)c2[nH]c(=O)ccc12)c1ccc(COc2cccc(N(Cc3ccccc3)C(=O)OC3C[N+]4(CC(=O)c5cccs5)CCC3CC4)c2)o1. The summed E-state index contributed by atoms with van der Waals surface area (Å²) >= 11 is 1.46. The van der Waals surface area contributed by atoms with Gasteiger partial charge in [-0.15, -0.1) is 11.3 Å². The molecule has 63 heavy (non-hydrogen) atoms. The number of aromatic nitrogens is 1. The third-order valence-electron chi connectivity index (χ3n) is 11.9. The number of aromatic hydroxyl groups is 1. The van der Waals surface area contributed by atoms with E-state index in [2.05, 4.69) is 10.3 Å². The number of hydrogen-bond donors (Lipinski definition) is 4. The van der Waals surface area contributed by atoms with Crippen molar-refractivity contribution < 1.29 is 47.7 Å². The van der Waals surface area contributed by atoms with E-state index < -0.39 is 18.2 Å². The lowest BCUT2D eigenvalue weighted by molar-refractivity contribution is -0.938. The Kier molecular flexibility index (Phi) is 13.7. The third-order valence-corrected chi connectivity index (χ3v) is 12.8. The van der Waals surface area contributed by atoms with Gasteiger partial charge in [0.25, 0.3) is 0 Å². The highest BCUT2D eigenvalue weighted by Gasteiger charge is 2.49. The van der Waals surface area contributed by atoms with Crippen LogP contribution in [-0.2, 0) is 22.6 Å². The van der Waals surface area contributed by atoms with Crippen LogP contribution in [0.4, 0.5) is 10.5 Å². The first-order chi connectivity index (χ1) is 30.6. The van der Waals surface area contributed by atoms with E-state index in [9.17, 15) is 29.4 Å². The van der Waals surface area contributed by atoms with Crippen LogP contribution >= 0.6 is 11.3 Å². The Labute approximate surface area is 368 Å². The lowest BCUT2D eigenvalue weighted by atomic mass is 9.83. The fourth-order valence-electron chi connectivity index (χ4n) is 8.56. The number of phenolic OH excluding ortho intramolecular Hbond substituents is 1. The molecule has 14 nitrogen and oxygen atoms in total. The zero-order valence-corrected chi connectivity index (χ0v) is 35.6. The van der Waals surface area contributed by atoms with Crippen LogP contribution in [0, 0.1) is 5.92 Å². The van der Waals surface area contributed by atoms with Crippen molar-refractivity contribution in [1.29, 1.82) is 0 Å². The molecule has 2 bridgehead atoms. The molecule has 3 fully saturated rings. The molecule has 0 aliphatic carbocycles. The summed E-state index contributed by atoms with van der Waals surface area (Å²) in [7, 11) is 0. The number of aromatic amines is 1. The lowest BCUT2D eigenvalue weighted by Crippen LogP contribution is -2.66. The maximum absolute atomic E-state index is 14.1. The van der Waals surface area contributed by atoms with Crippen LogP contribution < -0.4 is 20.5 Å². The number of unbranched alkanes of at least 4 members (excludes halogenated alkanes) is 1. The number of fused-ring (bicyclic) bond motifs is 4. The Morgan fingerprint density at radius 1 is 0.952 bits per heavy atom. The van der Waals surface area contributed by atoms with Gasteiger partial charge in [-0.25, -0.2) is 9.59 Å². The van der Waals surface area contributed by atoms with E-state index in [-0.39, 0.29) is 66.7 Å². The average molecular weight is 876 g/mol. The molecule has 1 amide bonds. The molecule has 6 aromatic rings. The van der Waals surface area contributed by atoms with Gasteiger partial charge in [-0.2, -0.15) is 0 Å². The van der Waals surface area contributed by atoms with Gasteiger partial charge in [0.2, 0.25) is 17.1 Å². The number of hydrogen-bond acceptors (Lipinski definition) is 12. The minimum absolute atomic E-state index is 0.0310. The largest absolute Gasteiger partial charge is 0.506 e. The molecule has 2 atom stereocenters. The van der Waals surface area contributed by atoms with Crippen LogP contribution in [0.15, 0.2) is 118 Å². The number of aliphatic hydroxyl groups is 1. The number of carbonyl (C=O) groups is 3. The number of thiophene rings is 1. The number of Topliss-reactive ketones (excluding diaryl/α,β-unsaturated/α-hetero) is 1. The fraction of sp³-hybridized carbons (Fsp3) is 0.333. The van der Waals surface area contributed by atoms with Gasteiger partial charge < -0.3 is 43.6 Å². The Bertz CT molecular complexity index is 2570. The topological polar surface area (TPSA) is 181 Å². The number of nitrogens with zero attached hydrogens (tertiary/aromatic N) is 2. The van der Waals surface area contributed by atoms with E-state index in [1.165, 1.54) is 23.5 Å². The van der Waals surface area contributed by atoms with E-state index in [0.717, 1.165) is 36.4 Å². The van der Waals surface area contributed by atoms with E-state index >= 15 is 0 Å². The van der Waals surface area contributed by atoms with Crippen molar-refractivity contribution in [1.82, 2.24) is 10.3 Å². The molecule has 2 unspecified atom stereocenters. The maximum Gasteiger partial charge on any atom is 0.415 e. The van der Waals surface area contributed by atoms with Crippen molar-refractivity contribution in [3.8, 4) is 11.5 Å². The quantitative estimate of drug-likeness (QED) is 0.0276. The highest BCUT2D eigenvalue weighted by molar-refractivity contribution is 7.12. The summed E-state index contributed by atoms with van der Waals surface area (Å²) in [5, 5.41) is 26.5. The number of ether oxygens (including phenoxy) is 3. The number of amides is 1. The summed E-state index contributed by atoms with van der Waals surface area (Å²) < 4.78 is 24.2. The molecule has 6 heterocycles. The standard InChI is InChI=1S/C48H50N4O10S/c53-39-16-14-37(38-15-18-45(56)50-46(38)39)40(54)27-49-21-4-5-24-59-47(57)42-17-13-36(61-42)31-60-35-11-6-10-34(26-35)51(28-32-8-2-1-3-9-32)48(58)62-43-30-52(22-19-33(43)20-23-52)29-41(55)44-12-7-25-63-44/h1-3,6-18,25-26,33,40,43,49,54H,4-5,19-24,27-31H2,(H-,50,53,56)/p+1. The summed E-state index contributed by atoms with van der Waals surface area (Å²) in [5.41, 5.74) is 2.04. The first-order valence-corrected chi connectivity index (χ1v) is 22.2. The van der Waals surface area contributed by atoms with Gasteiger partial charge >= 0.3 is 12.1 Å². The molecular formula is C48H51N4O10S+. The smallest absolute Gasteiger partial charge is 0.415 e. The molecule has 3 saturated heterocycles. The minimum atomic E-state index is -0.868. The number of ketones is 1. The highest BCUT2D eigenvalue weighted by Crippen LogP contribution is 2.37. The number of pyridine rings is 1. The second kappa shape index (κ2) is 19.8. The average Bonchev–Trinajstić information content (AvgIpc) is 4.02. The Balaban J connectivity index is 0.810. The zero-order valence-electron chi connectivity index (χ0n) is 34.8. The first kappa shape index (κ1) is 43.4. The molecule has 4 N–H and O–H groups in total. The molecule has 0 radical (unpaired) electrons. The van der Waals surface area contributed by atoms with Crippen LogP contribution in [-0.4, -0.2) is 89.5 Å². The maximum atomic E-state index is 14.1. The van der Waals surface area contributed by atoms with E-state index in [4.69, 9.17) is 18.6 Å². The minimum Gasteiger partial charge on any atom is -0.506 e. The van der Waals surface area contributed by atoms with Crippen molar-refractivity contribution in [2.24, 2.45) is 5.92 Å². The number of anilines is 1. The van der Waals surface area contributed by atoms with Crippen LogP contribution in [0.5, 0.6) is 11.5 Å². The predicted octanol–water partition coefficient (Wildman–Crippen LogP) is 7.36. The van der Waals surface area contributed by atoms with Gasteiger partial charge in [0.05, 0.1) is 48.4 Å². The molecule has 15 heteroatoms. The van der Waals surface area contributed by atoms with Crippen molar-refractivity contribution in [2.45, 2.75) is 51.0 Å². The molecule has 0 saturated carbocycles. The number of carbonyl (C=O) groups excluding carboxylic acids is 3. The Morgan fingerprint density at radius 2 is 1.79 bits per heavy atom. The van der Waals surface area contributed by atoms with Gasteiger partial charge in [-0.1, -0.05) is 48.5 Å². The summed E-state index contributed by atoms with van der Waals surface area (Å²) in [6, 6.07) is 29.9. The number of quaternary nitrogens is 1. The summed E-state index contributed by atoms with van der Waals surface area (Å²) in [6.45, 7) is 4.15. The van der Waals surface area contributed by atoms with Crippen LogP contribution in [0.1, 0.15) is 68.9 Å². The Morgan fingerprint density at radius 3 is 2.60 bits per heavy atom. The van der Waals surface area contributed by atoms with Crippen LogP contribution in [0.2, 0.25) is 0 Å². The Hall–Kier alpha value is -6.26. The molecule has 328 valence electrons. The lowest BCUT2D eigenvalue weighted by Gasteiger charge is -2.51. The van der Waals surface area contributed by atoms with Gasteiger partial charge in [0.15, 0.2) is 6.10 Å². The number of nitrogens with one attached hydrogen (secondary N) is 2. The van der Waals surface area contributed by atoms with Gasteiger partial charge in [-0.05, 0) is 78.4 Å². The molecule has 0 spiro atoms. The number of H-pyrrole nitrogens is 1. The molecule has 3 aromatic heterocycles. The van der Waals surface area contributed by atoms with Gasteiger partial charge in [0.1, 0.15) is 37.0 Å². The van der Waals surface area contributed by atoms with Crippen molar-refractivity contribution >= 4 is 45.8 Å². The highest BCUT2D eigenvalue weighted by atomic mass is 32.1. The van der Waals surface area contributed by atoms with Crippen molar-refractivity contribution in [3.63, 3.8) is 0 Å². The third kappa shape index (κ3) is 10.7.